The van der Waals surface area contributed by atoms with Crippen molar-refractivity contribution in [1.82, 2.24) is 4.57 Å². The monoisotopic (exact) mass is 336 g/mol. The van der Waals surface area contributed by atoms with E-state index in [4.69, 9.17) is 0 Å². The maximum absolute atomic E-state index is 2.29. The number of benzene rings is 1. The van der Waals surface area contributed by atoms with Crippen molar-refractivity contribution in [3.63, 3.8) is 0 Å². The summed E-state index contributed by atoms with van der Waals surface area (Å²) < 4.78 is 4.53. The average Bonchev–Trinajstić information content (AvgIpc) is 2.92. The first-order valence-corrected chi connectivity index (χ1v) is 7.50. The molecule has 20 heavy (non-hydrogen) atoms. The average molecular weight is 337 g/mol. The highest BCUT2D eigenvalue weighted by molar-refractivity contribution is 5.33. The van der Waals surface area contributed by atoms with Crippen LogP contribution in [0.2, 0.25) is 0 Å². The van der Waals surface area contributed by atoms with Crippen LogP contribution in [0.1, 0.15) is 45.1 Å². The van der Waals surface area contributed by atoms with Crippen molar-refractivity contribution in [1.29, 1.82) is 0 Å². The molecule has 0 saturated carbocycles. The van der Waals surface area contributed by atoms with E-state index >= 15 is 0 Å². The first-order valence-electron chi connectivity index (χ1n) is 7.50. The Balaban J connectivity index is 0.00000200. The number of hydrogen-bond donors (Lipinski definition) is 0. The fourth-order valence-electron chi connectivity index (χ4n) is 2.45. The van der Waals surface area contributed by atoms with Crippen LogP contribution in [0.3, 0.4) is 0 Å². The van der Waals surface area contributed by atoms with E-state index in [0.29, 0.717) is 0 Å². The number of aromatic nitrogens is 2. The molecule has 0 fully saturated rings. The largest absolute Gasteiger partial charge is 1.00 e. The molecule has 2 nitrogen and oxygen atoms in total. The zero-order chi connectivity index (χ0) is 13.5. The summed E-state index contributed by atoms with van der Waals surface area (Å²) >= 11 is 0. The molecule has 0 aliphatic heterocycles. The van der Waals surface area contributed by atoms with E-state index in [2.05, 4.69) is 66.0 Å². The van der Waals surface area contributed by atoms with Gasteiger partial charge in [-0.05, 0) is 30.9 Å². The van der Waals surface area contributed by atoms with Crippen molar-refractivity contribution in [2.75, 3.05) is 0 Å². The van der Waals surface area contributed by atoms with Gasteiger partial charge in [-0.25, -0.2) is 9.13 Å². The summed E-state index contributed by atoms with van der Waals surface area (Å²) in [5.41, 5.74) is 2.70. The molecule has 110 valence electrons. The molecular formula is C17H25BrN2. The second-order valence-electron chi connectivity index (χ2n) is 5.10. The van der Waals surface area contributed by atoms with Crippen molar-refractivity contribution in [2.24, 2.45) is 0 Å². The number of nitrogens with zero attached hydrogens (tertiary/aromatic N) is 2. The highest BCUT2D eigenvalue weighted by atomic mass is 79.9. The Bertz CT molecular complexity index is 505. The molecule has 3 heteroatoms. The highest BCUT2D eigenvalue weighted by Gasteiger charge is 2.09. The Morgan fingerprint density at radius 2 is 1.85 bits per heavy atom. The predicted octanol–water partition coefficient (Wildman–Crippen LogP) is 0.912. The molecule has 0 aliphatic carbocycles. The lowest BCUT2D eigenvalue weighted by Crippen LogP contribution is -3.00. The number of para-hydroxylation sites is 1. The molecule has 0 N–H and O–H groups in total. The Morgan fingerprint density at radius 1 is 1.05 bits per heavy atom. The summed E-state index contributed by atoms with van der Waals surface area (Å²) in [6.45, 7) is 5.59. The highest BCUT2D eigenvalue weighted by Crippen LogP contribution is 2.09. The second-order valence-corrected chi connectivity index (χ2v) is 5.10. The molecule has 2 aromatic rings. The number of aryl methyl sites for hydroxylation is 2. The van der Waals surface area contributed by atoms with Crippen molar-refractivity contribution >= 4 is 0 Å². The van der Waals surface area contributed by atoms with Crippen LogP contribution < -0.4 is 21.5 Å². The van der Waals surface area contributed by atoms with Gasteiger partial charge in [0.15, 0.2) is 0 Å². The first-order chi connectivity index (χ1) is 9.35. The van der Waals surface area contributed by atoms with Crippen LogP contribution in [0.15, 0.2) is 43.0 Å². The molecular weight excluding hydrogens is 312 g/mol. The molecule has 0 aliphatic rings. The van der Waals surface area contributed by atoms with Crippen LogP contribution in [-0.2, 0) is 13.0 Å². The van der Waals surface area contributed by atoms with Crippen LogP contribution in [0.4, 0.5) is 0 Å². The second kappa shape index (κ2) is 8.96. The quantitative estimate of drug-likeness (QED) is 0.525. The van der Waals surface area contributed by atoms with Gasteiger partial charge in [0.2, 0.25) is 6.33 Å². The molecule has 0 atom stereocenters. The van der Waals surface area contributed by atoms with E-state index in [-0.39, 0.29) is 17.0 Å². The standard InChI is InChI=1S/C17H25N2.BrH/c1-3-5-6-9-12-18-13-14-19(15-18)17-11-8-7-10-16(17)4-2;/h7-8,10-11,13-15H,3-6,9,12H2,1-2H3;1H/q+1;/p-1. The summed E-state index contributed by atoms with van der Waals surface area (Å²) in [6.07, 6.45) is 12.9. The van der Waals surface area contributed by atoms with Crippen molar-refractivity contribution < 1.29 is 21.5 Å². The van der Waals surface area contributed by atoms with E-state index in [1.54, 1.807) is 0 Å². The molecule has 0 radical (unpaired) electrons. The van der Waals surface area contributed by atoms with Gasteiger partial charge in [0.1, 0.15) is 18.1 Å². The van der Waals surface area contributed by atoms with E-state index in [1.807, 2.05) is 0 Å². The lowest BCUT2D eigenvalue weighted by atomic mass is 10.1. The van der Waals surface area contributed by atoms with Gasteiger partial charge >= 0.3 is 0 Å². The topological polar surface area (TPSA) is 8.81 Å². The fraction of sp³-hybridized carbons (Fsp3) is 0.471. The molecule has 1 heterocycles. The number of rotatable bonds is 7. The molecule has 1 aromatic carbocycles. The fourth-order valence-corrected chi connectivity index (χ4v) is 2.45. The van der Waals surface area contributed by atoms with Crippen molar-refractivity contribution in [3.8, 4) is 5.69 Å². The van der Waals surface area contributed by atoms with E-state index in [9.17, 15) is 0 Å². The van der Waals surface area contributed by atoms with Gasteiger partial charge in [-0.1, -0.05) is 44.9 Å². The van der Waals surface area contributed by atoms with E-state index in [1.165, 1.54) is 36.9 Å². The Labute approximate surface area is 133 Å². The predicted molar refractivity (Wildman–Crippen MR) is 79.5 cm³/mol. The summed E-state index contributed by atoms with van der Waals surface area (Å²) in [6, 6.07) is 8.63. The minimum absolute atomic E-state index is 0. The molecule has 0 unspecified atom stereocenters. The SMILES string of the molecule is CCCCCCn1cc[n+](-c2ccccc2CC)c1.[Br-]. The molecule has 2 rings (SSSR count). The van der Waals surface area contributed by atoms with Gasteiger partial charge in [-0.15, -0.1) is 0 Å². The normalized spacial score (nSPS) is 10.3. The van der Waals surface area contributed by atoms with Crippen molar-refractivity contribution in [2.45, 2.75) is 52.5 Å². The summed E-state index contributed by atoms with van der Waals surface area (Å²) in [4.78, 5) is 0. The number of hydrogen-bond acceptors (Lipinski definition) is 0. The van der Waals surface area contributed by atoms with Crippen LogP contribution in [0, 0.1) is 0 Å². The van der Waals surface area contributed by atoms with Crippen LogP contribution >= 0.6 is 0 Å². The van der Waals surface area contributed by atoms with Gasteiger partial charge in [0, 0.05) is 0 Å². The lowest BCUT2D eigenvalue weighted by Gasteiger charge is -2.02. The van der Waals surface area contributed by atoms with E-state index < -0.39 is 0 Å². The lowest BCUT2D eigenvalue weighted by molar-refractivity contribution is -0.595. The van der Waals surface area contributed by atoms with Crippen LogP contribution in [0.5, 0.6) is 0 Å². The summed E-state index contributed by atoms with van der Waals surface area (Å²) in [5, 5.41) is 0. The smallest absolute Gasteiger partial charge is 0.248 e. The Kier molecular flexibility index (Phi) is 7.60. The minimum Gasteiger partial charge on any atom is -1.00 e. The van der Waals surface area contributed by atoms with Gasteiger partial charge in [-0.2, -0.15) is 0 Å². The number of unbranched alkanes of at least 4 members (excludes halogenated alkanes) is 3. The Hall–Kier alpha value is -1.09. The number of imidazole rings is 1. The molecule has 0 spiro atoms. The van der Waals surface area contributed by atoms with Gasteiger partial charge in [0.05, 0.1) is 6.54 Å². The van der Waals surface area contributed by atoms with Gasteiger partial charge in [0.25, 0.3) is 0 Å². The molecule has 1 aromatic heterocycles. The van der Waals surface area contributed by atoms with Gasteiger partial charge < -0.3 is 17.0 Å². The summed E-state index contributed by atoms with van der Waals surface area (Å²) in [5.74, 6) is 0. The zero-order valence-electron chi connectivity index (χ0n) is 12.6. The van der Waals surface area contributed by atoms with Gasteiger partial charge in [-0.3, -0.25) is 0 Å². The first kappa shape index (κ1) is 17.0. The maximum Gasteiger partial charge on any atom is 0.248 e. The Morgan fingerprint density at radius 3 is 2.60 bits per heavy atom. The van der Waals surface area contributed by atoms with E-state index in [0.717, 1.165) is 13.0 Å². The third-order valence-electron chi connectivity index (χ3n) is 3.61. The summed E-state index contributed by atoms with van der Waals surface area (Å²) in [7, 11) is 0. The van der Waals surface area contributed by atoms with Crippen LogP contribution in [-0.4, -0.2) is 4.57 Å². The third-order valence-corrected chi connectivity index (χ3v) is 3.61. The maximum atomic E-state index is 2.29. The van der Waals surface area contributed by atoms with Crippen molar-refractivity contribution in [3.05, 3.63) is 48.5 Å². The minimum atomic E-state index is 0. The molecule has 0 amide bonds. The molecule has 0 bridgehead atoms. The van der Waals surface area contributed by atoms with Crippen LogP contribution in [0.25, 0.3) is 5.69 Å². The third kappa shape index (κ3) is 4.48. The zero-order valence-corrected chi connectivity index (χ0v) is 14.1. The molecule has 0 saturated heterocycles. The number of halogens is 1.